The molecule has 2 aromatic carbocycles. The monoisotopic (exact) mass is 391 g/mol. The van der Waals surface area contributed by atoms with Gasteiger partial charge < -0.3 is 9.47 Å². The summed E-state index contributed by atoms with van der Waals surface area (Å²) in [5.41, 5.74) is 2.74. The third-order valence-corrected chi connectivity index (χ3v) is 5.23. The second kappa shape index (κ2) is 7.36. The van der Waals surface area contributed by atoms with Crippen LogP contribution in [0.25, 0.3) is 11.8 Å². The van der Waals surface area contributed by atoms with E-state index in [0.29, 0.717) is 16.7 Å². The van der Waals surface area contributed by atoms with Crippen LogP contribution in [-0.4, -0.2) is 36.0 Å². The molecule has 2 heterocycles. The van der Waals surface area contributed by atoms with Crippen molar-refractivity contribution < 1.29 is 14.3 Å². The Hall–Kier alpha value is -3.32. The summed E-state index contributed by atoms with van der Waals surface area (Å²) < 4.78 is 10.6. The van der Waals surface area contributed by atoms with Gasteiger partial charge in [0.05, 0.1) is 25.5 Å². The Balaban J connectivity index is 1.72. The first kappa shape index (κ1) is 18.1. The quantitative estimate of drug-likeness (QED) is 0.797. The van der Waals surface area contributed by atoms with Gasteiger partial charge in [-0.2, -0.15) is 4.99 Å². The zero-order valence-electron chi connectivity index (χ0n) is 15.3. The van der Waals surface area contributed by atoms with Gasteiger partial charge in [-0.3, -0.25) is 15.1 Å². The van der Waals surface area contributed by atoms with Gasteiger partial charge in [-0.25, -0.2) is 0 Å². The maximum atomic E-state index is 12.6. The molecule has 4 rings (SSSR count). The fourth-order valence-corrected chi connectivity index (χ4v) is 3.91. The number of methoxy groups -OCH3 is 2. The zero-order valence-corrected chi connectivity index (χ0v) is 16.1. The van der Waals surface area contributed by atoms with E-state index >= 15 is 0 Å². The molecule has 140 valence electrons. The molecule has 0 spiro atoms. The highest BCUT2D eigenvalue weighted by molar-refractivity contribution is 8.17. The molecule has 1 N–H and O–H groups in total. The molecule has 0 saturated carbocycles. The van der Waals surface area contributed by atoms with Crippen molar-refractivity contribution in [2.24, 2.45) is 4.99 Å². The van der Waals surface area contributed by atoms with Crippen LogP contribution in [0, 0.1) is 5.41 Å². The number of ether oxygens (including phenoxy) is 2. The number of aliphatic imine (C=N–C) groups is 1. The van der Waals surface area contributed by atoms with E-state index in [4.69, 9.17) is 14.9 Å². The summed E-state index contributed by atoms with van der Waals surface area (Å²) in [7, 11) is 3.12. The van der Waals surface area contributed by atoms with Crippen molar-refractivity contribution in [3.63, 3.8) is 0 Å². The van der Waals surface area contributed by atoms with Crippen LogP contribution in [0.15, 0.2) is 64.5 Å². The molecule has 2 aromatic rings. The van der Waals surface area contributed by atoms with Gasteiger partial charge in [-0.1, -0.05) is 48.2 Å². The van der Waals surface area contributed by atoms with Gasteiger partial charge in [0.15, 0.2) is 16.7 Å². The molecular weight excluding hydrogens is 374 g/mol. The molecule has 0 aliphatic carbocycles. The van der Waals surface area contributed by atoms with Gasteiger partial charge in [0.25, 0.3) is 5.91 Å². The van der Waals surface area contributed by atoms with Gasteiger partial charge >= 0.3 is 0 Å². The number of rotatable bonds is 4. The van der Waals surface area contributed by atoms with Crippen LogP contribution in [-0.2, 0) is 4.79 Å². The van der Waals surface area contributed by atoms with Gasteiger partial charge in [-0.05, 0) is 29.3 Å². The highest BCUT2D eigenvalue weighted by Gasteiger charge is 2.36. The summed E-state index contributed by atoms with van der Waals surface area (Å²) in [6.45, 7) is 0. The van der Waals surface area contributed by atoms with Crippen molar-refractivity contribution in [1.29, 1.82) is 5.41 Å². The number of carbonyl (C=O) groups excluding carboxylic acids is 1. The number of benzene rings is 2. The standard InChI is InChI=1S/C21H17N3O3S/c1-26-17-9-8-13(11-18(17)27-2)10-15-19(22)24-16(14-6-4-3-5-7-14)12-28-21(24)23-20(15)25/h3-12,22H,1-2H3. The van der Waals surface area contributed by atoms with E-state index in [1.54, 1.807) is 43.4 Å². The molecule has 0 bridgehead atoms. The van der Waals surface area contributed by atoms with E-state index in [2.05, 4.69) is 4.99 Å². The highest BCUT2D eigenvalue weighted by Crippen LogP contribution is 2.37. The Morgan fingerprint density at radius 1 is 1.07 bits per heavy atom. The molecule has 7 heteroatoms. The van der Waals surface area contributed by atoms with Crippen LogP contribution in [0.5, 0.6) is 11.5 Å². The molecule has 2 aliphatic heterocycles. The number of hydrogen-bond acceptors (Lipinski definition) is 5. The maximum absolute atomic E-state index is 12.6. The number of thioether (sulfide) groups is 1. The third kappa shape index (κ3) is 3.10. The second-order valence-corrected chi connectivity index (χ2v) is 6.88. The smallest absolute Gasteiger partial charge is 0.283 e. The minimum atomic E-state index is -0.429. The van der Waals surface area contributed by atoms with Crippen molar-refractivity contribution in [2.75, 3.05) is 14.2 Å². The molecule has 0 atom stereocenters. The predicted octanol–water partition coefficient (Wildman–Crippen LogP) is 4.01. The van der Waals surface area contributed by atoms with Crippen molar-refractivity contribution in [1.82, 2.24) is 4.90 Å². The van der Waals surface area contributed by atoms with E-state index < -0.39 is 5.91 Å². The number of carbonyl (C=O) groups is 1. The predicted molar refractivity (Wildman–Crippen MR) is 112 cm³/mol. The molecule has 0 radical (unpaired) electrons. The van der Waals surface area contributed by atoms with Crippen molar-refractivity contribution >= 4 is 40.4 Å². The van der Waals surface area contributed by atoms with E-state index in [9.17, 15) is 4.79 Å². The van der Waals surface area contributed by atoms with Crippen LogP contribution >= 0.6 is 11.8 Å². The molecular formula is C21H17N3O3S. The van der Waals surface area contributed by atoms with E-state index in [-0.39, 0.29) is 11.4 Å². The van der Waals surface area contributed by atoms with Crippen LogP contribution in [0.2, 0.25) is 0 Å². The van der Waals surface area contributed by atoms with Crippen LogP contribution in [0.1, 0.15) is 11.1 Å². The number of amides is 1. The van der Waals surface area contributed by atoms with E-state index in [1.807, 2.05) is 35.7 Å². The maximum Gasteiger partial charge on any atom is 0.283 e. The van der Waals surface area contributed by atoms with Crippen LogP contribution < -0.4 is 9.47 Å². The zero-order chi connectivity index (χ0) is 19.7. The SMILES string of the molecule is COc1ccc(C=C2C(=N)N3C(c4ccccc4)=CSC3=NC2=O)cc1OC. The van der Waals surface area contributed by atoms with E-state index in [1.165, 1.54) is 11.8 Å². The Morgan fingerprint density at radius 2 is 1.82 bits per heavy atom. The summed E-state index contributed by atoms with van der Waals surface area (Å²) in [5, 5.41) is 11.1. The number of hydrogen-bond donors (Lipinski definition) is 1. The fraction of sp³-hybridized carbons (Fsp3) is 0.0952. The molecule has 6 nitrogen and oxygen atoms in total. The van der Waals surface area contributed by atoms with E-state index in [0.717, 1.165) is 16.8 Å². The normalized spacial score (nSPS) is 17.4. The van der Waals surface area contributed by atoms with Gasteiger partial charge in [0, 0.05) is 5.41 Å². The number of amidine groups is 2. The summed E-state index contributed by atoms with van der Waals surface area (Å²) in [6, 6.07) is 15.1. The molecule has 28 heavy (non-hydrogen) atoms. The molecule has 0 unspecified atom stereocenters. The first-order chi connectivity index (χ1) is 13.6. The Bertz CT molecular complexity index is 1060. The first-order valence-corrected chi connectivity index (χ1v) is 9.38. The summed E-state index contributed by atoms with van der Waals surface area (Å²) >= 11 is 1.34. The van der Waals surface area contributed by atoms with Crippen LogP contribution in [0.4, 0.5) is 0 Å². The highest BCUT2D eigenvalue weighted by atomic mass is 32.2. The minimum absolute atomic E-state index is 0.102. The molecule has 1 amide bonds. The minimum Gasteiger partial charge on any atom is -0.493 e. The number of nitrogens with zero attached hydrogens (tertiary/aromatic N) is 2. The Kier molecular flexibility index (Phi) is 4.75. The second-order valence-electron chi connectivity index (χ2n) is 6.04. The summed E-state index contributed by atoms with van der Waals surface area (Å²) in [6.07, 6.45) is 1.65. The largest absolute Gasteiger partial charge is 0.493 e. The van der Waals surface area contributed by atoms with Gasteiger partial charge in [0.2, 0.25) is 0 Å². The average Bonchev–Trinajstić information content (AvgIpc) is 3.15. The summed E-state index contributed by atoms with van der Waals surface area (Å²) in [4.78, 5) is 18.4. The molecule has 2 aliphatic rings. The Morgan fingerprint density at radius 3 is 2.54 bits per heavy atom. The van der Waals surface area contributed by atoms with Crippen molar-refractivity contribution in [2.45, 2.75) is 0 Å². The van der Waals surface area contributed by atoms with Gasteiger partial charge in [-0.15, -0.1) is 0 Å². The number of fused-ring (bicyclic) bond motifs is 1. The lowest BCUT2D eigenvalue weighted by Gasteiger charge is -2.27. The number of nitrogens with one attached hydrogen (secondary N) is 1. The fourth-order valence-electron chi connectivity index (χ4n) is 3.02. The van der Waals surface area contributed by atoms with Crippen molar-refractivity contribution in [3.8, 4) is 11.5 Å². The lowest BCUT2D eigenvalue weighted by atomic mass is 10.1. The molecule has 0 aromatic heterocycles. The molecule has 0 saturated heterocycles. The third-order valence-electron chi connectivity index (χ3n) is 4.40. The molecule has 0 fully saturated rings. The summed E-state index contributed by atoms with van der Waals surface area (Å²) in [5.74, 6) is 0.823. The van der Waals surface area contributed by atoms with Gasteiger partial charge in [0.1, 0.15) is 5.84 Å². The van der Waals surface area contributed by atoms with Crippen molar-refractivity contribution in [3.05, 3.63) is 70.6 Å². The van der Waals surface area contributed by atoms with Crippen LogP contribution in [0.3, 0.4) is 0 Å². The average molecular weight is 391 g/mol. The first-order valence-electron chi connectivity index (χ1n) is 8.50. The lowest BCUT2D eigenvalue weighted by molar-refractivity contribution is -0.114. The topological polar surface area (TPSA) is 75.0 Å². The Labute approximate surface area is 166 Å². The lowest BCUT2D eigenvalue weighted by Crippen LogP contribution is -2.38.